The van der Waals surface area contributed by atoms with Crippen molar-refractivity contribution < 1.29 is 4.74 Å². The minimum absolute atomic E-state index is 0.121. The Morgan fingerprint density at radius 1 is 1.53 bits per heavy atom. The molecule has 6 nitrogen and oxygen atoms in total. The van der Waals surface area contributed by atoms with Gasteiger partial charge in [-0.2, -0.15) is 5.10 Å². The van der Waals surface area contributed by atoms with E-state index in [1.165, 1.54) is 4.68 Å². The van der Waals surface area contributed by atoms with Gasteiger partial charge >= 0.3 is 0 Å². The topological polar surface area (TPSA) is 73.4 Å². The molecule has 0 amide bonds. The summed E-state index contributed by atoms with van der Waals surface area (Å²) in [4.78, 5) is 14.3. The molecule has 0 unspecified atom stereocenters. The third kappa shape index (κ3) is 3.34. The lowest BCUT2D eigenvalue weighted by molar-refractivity contribution is 0.181. The first kappa shape index (κ1) is 14.5. The highest BCUT2D eigenvalue weighted by Crippen LogP contribution is 2.24. The molecule has 1 aliphatic rings. The monoisotopic (exact) mass is 330 g/mol. The highest BCUT2D eigenvalue weighted by molar-refractivity contribution is 9.10. The smallest absolute Gasteiger partial charge is 0.283 e. The molecule has 0 radical (unpaired) electrons. The van der Waals surface area contributed by atoms with Gasteiger partial charge in [-0.1, -0.05) is 0 Å². The van der Waals surface area contributed by atoms with Gasteiger partial charge in [0.1, 0.15) is 4.47 Å². The molecule has 7 heteroatoms. The summed E-state index contributed by atoms with van der Waals surface area (Å²) in [6.07, 6.45) is 3.62. The molecule has 0 aromatic carbocycles. The minimum Gasteiger partial charge on any atom is -0.383 e. The average Bonchev–Trinajstić information content (AvgIpc) is 2.42. The number of rotatable bonds is 4. The Bertz CT molecular complexity index is 483. The van der Waals surface area contributed by atoms with Crippen molar-refractivity contribution in [2.45, 2.75) is 25.4 Å². The Kier molecular flexibility index (Phi) is 4.95. The molecular formula is C12H19BrN4O2. The second kappa shape index (κ2) is 6.49. The van der Waals surface area contributed by atoms with E-state index in [1.807, 2.05) is 0 Å². The van der Waals surface area contributed by atoms with Crippen LogP contribution in [0.5, 0.6) is 0 Å². The van der Waals surface area contributed by atoms with Crippen LogP contribution in [-0.2, 0) is 11.3 Å². The standard InChI is InChI=1S/C12H19BrN4O2/c1-19-7-6-17-12(18)11(13)10(8-15-17)16-4-2-9(14)3-5-16/h8-9H,2-7,14H2,1H3. The zero-order chi connectivity index (χ0) is 13.8. The molecule has 2 N–H and O–H groups in total. The van der Waals surface area contributed by atoms with Crippen molar-refractivity contribution >= 4 is 21.6 Å². The van der Waals surface area contributed by atoms with Crippen molar-refractivity contribution in [2.75, 3.05) is 31.7 Å². The molecule has 1 fully saturated rings. The van der Waals surface area contributed by atoms with Crippen LogP contribution in [0.1, 0.15) is 12.8 Å². The van der Waals surface area contributed by atoms with Gasteiger partial charge in [0.15, 0.2) is 0 Å². The average molecular weight is 331 g/mol. The molecule has 2 rings (SSSR count). The quantitative estimate of drug-likeness (QED) is 0.874. The van der Waals surface area contributed by atoms with Crippen molar-refractivity contribution in [3.63, 3.8) is 0 Å². The molecule has 0 saturated carbocycles. The Morgan fingerprint density at radius 2 is 2.21 bits per heavy atom. The number of nitrogens with two attached hydrogens (primary N) is 1. The molecule has 2 heterocycles. The molecule has 0 aliphatic carbocycles. The second-order valence-corrected chi connectivity index (χ2v) is 5.48. The van der Waals surface area contributed by atoms with Gasteiger partial charge < -0.3 is 15.4 Å². The maximum atomic E-state index is 12.1. The zero-order valence-corrected chi connectivity index (χ0v) is 12.6. The first-order chi connectivity index (χ1) is 9.13. The fourth-order valence-electron chi connectivity index (χ4n) is 2.15. The molecular weight excluding hydrogens is 312 g/mol. The highest BCUT2D eigenvalue weighted by Gasteiger charge is 2.20. The van der Waals surface area contributed by atoms with E-state index in [-0.39, 0.29) is 11.6 Å². The van der Waals surface area contributed by atoms with E-state index in [2.05, 4.69) is 25.9 Å². The Morgan fingerprint density at radius 3 is 2.84 bits per heavy atom. The van der Waals surface area contributed by atoms with E-state index in [0.717, 1.165) is 31.6 Å². The number of methoxy groups -OCH3 is 1. The fourth-order valence-corrected chi connectivity index (χ4v) is 2.71. The lowest BCUT2D eigenvalue weighted by Crippen LogP contribution is -2.40. The predicted octanol–water partition coefficient (Wildman–Crippen LogP) is 0.580. The van der Waals surface area contributed by atoms with Crippen molar-refractivity contribution in [1.82, 2.24) is 9.78 Å². The lowest BCUT2D eigenvalue weighted by Gasteiger charge is -2.32. The summed E-state index contributed by atoms with van der Waals surface area (Å²) in [7, 11) is 1.60. The largest absolute Gasteiger partial charge is 0.383 e. The van der Waals surface area contributed by atoms with Gasteiger partial charge in [-0.3, -0.25) is 4.79 Å². The molecule has 1 aromatic heterocycles. The van der Waals surface area contributed by atoms with Crippen LogP contribution >= 0.6 is 15.9 Å². The fraction of sp³-hybridized carbons (Fsp3) is 0.667. The predicted molar refractivity (Wildman–Crippen MR) is 77.5 cm³/mol. The summed E-state index contributed by atoms with van der Waals surface area (Å²) in [5.41, 5.74) is 6.62. The van der Waals surface area contributed by atoms with Crippen LogP contribution in [0, 0.1) is 0 Å². The molecule has 1 saturated heterocycles. The van der Waals surface area contributed by atoms with Gasteiger partial charge in [0, 0.05) is 26.2 Å². The van der Waals surface area contributed by atoms with Crippen molar-refractivity contribution in [3.8, 4) is 0 Å². The number of halogens is 1. The summed E-state index contributed by atoms with van der Waals surface area (Å²) < 4.78 is 6.93. The van der Waals surface area contributed by atoms with E-state index < -0.39 is 0 Å². The number of piperidine rings is 1. The maximum Gasteiger partial charge on any atom is 0.283 e. The first-order valence-corrected chi connectivity index (χ1v) is 7.18. The van der Waals surface area contributed by atoms with E-state index >= 15 is 0 Å². The van der Waals surface area contributed by atoms with Crippen molar-refractivity contribution in [3.05, 3.63) is 21.0 Å². The second-order valence-electron chi connectivity index (χ2n) is 4.69. The highest BCUT2D eigenvalue weighted by atomic mass is 79.9. The Hall–Kier alpha value is -0.920. The molecule has 1 aliphatic heterocycles. The lowest BCUT2D eigenvalue weighted by atomic mass is 10.1. The molecule has 19 heavy (non-hydrogen) atoms. The SMILES string of the molecule is COCCn1ncc(N2CCC(N)CC2)c(Br)c1=O. The van der Waals surface area contributed by atoms with Gasteiger partial charge in [0.05, 0.1) is 25.0 Å². The van der Waals surface area contributed by atoms with Crippen molar-refractivity contribution in [1.29, 1.82) is 0 Å². The number of hydrogen-bond acceptors (Lipinski definition) is 5. The van der Waals surface area contributed by atoms with Crippen LogP contribution in [0.15, 0.2) is 15.5 Å². The van der Waals surface area contributed by atoms with Crippen LogP contribution < -0.4 is 16.2 Å². The number of anilines is 1. The van der Waals surface area contributed by atoms with Gasteiger partial charge in [0.2, 0.25) is 0 Å². The van der Waals surface area contributed by atoms with Crippen molar-refractivity contribution in [2.24, 2.45) is 5.73 Å². The summed E-state index contributed by atoms with van der Waals surface area (Å²) in [5.74, 6) is 0. The third-order valence-corrected chi connectivity index (χ3v) is 4.10. The number of ether oxygens (including phenoxy) is 1. The number of nitrogens with zero attached hydrogens (tertiary/aromatic N) is 3. The van der Waals surface area contributed by atoms with Crippen LogP contribution in [0.3, 0.4) is 0 Å². The van der Waals surface area contributed by atoms with Crippen LogP contribution in [-0.4, -0.2) is 42.6 Å². The normalized spacial score (nSPS) is 16.9. The Labute approximate surface area is 120 Å². The molecule has 0 spiro atoms. The van der Waals surface area contributed by atoms with E-state index in [1.54, 1.807) is 13.3 Å². The van der Waals surface area contributed by atoms with Gasteiger partial charge in [-0.05, 0) is 28.8 Å². The van der Waals surface area contributed by atoms with E-state index in [9.17, 15) is 4.79 Å². The molecule has 0 atom stereocenters. The molecule has 1 aromatic rings. The molecule has 106 valence electrons. The van der Waals surface area contributed by atoms with Gasteiger partial charge in [0.25, 0.3) is 5.56 Å². The van der Waals surface area contributed by atoms with E-state index in [0.29, 0.717) is 17.6 Å². The number of hydrogen-bond donors (Lipinski definition) is 1. The van der Waals surface area contributed by atoms with Crippen LogP contribution in [0.25, 0.3) is 0 Å². The van der Waals surface area contributed by atoms with Crippen LogP contribution in [0.2, 0.25) is 0 Å². The maximum absolute atomic E-state index is 12.1. The third-order valence-electron chi connectivity index (χ3n) is 3.35. The Balaban J connectivity index is 2.18. The summed E-state index contributed by atoms with van der Waals surface area (Å²) in [6.45, 7) is 2.66. The summed E-state index contributed by atoms with van der Waals surface area (Å²) in [5, 5.41) is 4.19. The summed E-state index contributed by atoms with van der Waals surface area (Å²) >= 11 is 3.39. The van der Waals surface area contributed by atoms with Gasteiger partial charge in [-0.15, -0.1) is 0 Å². The summed E-state index contributed by atoms with van der Waals surface area (Å²) in [6, 6.07) is 0.269. The zero-order valence-electron chi connectivity index (χ0n) is 11.0. The van der Waals surface area contributed by atoms with E-state index in [4.69, 9.17) is 10.5 Å². The van der Waals surface area contributed by atoms with Crippen LogP contribution in [0.4, 0.5) is 5.69 Å². The number of aromatic nitrogens is 2. The van der Waals surface area contributed by atoms with Gasteiger partial charge in [-0.25, -0.2) is 4.68 Å². The first-order valence-electron chi connectivity index (χ1n) is 6.38. The molecule has 0 bridgehead atoms. The minimum atomic E-state index is -0.121.